The molecule has 2 N–H and O–H groups in total. The molecule has 0 aliphatic carbocycles. The van der Waals surface area contributed by atoms with Gasteiger partial charge in [-0.2, -0.15) is 10.4 Å². The van der Waals surface area contributed by atoms with Crippen LogP contribution in [0.3, 0.4) is 0 Å². The van der Waals surface area contributed by atoms with Gasteiger partial charge >= 0.3 is 0 Å². The number of carbonyl (C=O) groups excluding carboxylic acids is 1. The highest BCUT2D eigenvalue weighted by Gasteiger charge is 2.33. The van der Waals surface area contributed by atoms with Gasteiger partial charge in [-0.25, -0.2) is 8.42 Å². The lowest BCUT2D eigenvalue weighted by Crippen LogP contribution is -3.09. The molecule has 1 saturated heterocycles. The summed E-state index contributed by atoms with van der Waals surface area (Å²) in [6, 6.07) is 2.08. The smallest absolute Gasteiger partial charge is 0.276 e. The number of rotatable bonds is 7. The van der Waals surface area contributed by atoms with Gasteiger partial charge in [-0.1, -0.05) is 13.8 Å². The molecule has 156 valence electrons. The maximum absolute atomic E-state index is 12.4. The second-order valence-corrected chi connectivity index (χ2v) is 10.7. The number of amides is 1. The van der Waals surface area contributed by atoms with Gasteiger partial charge in [-0.05, 0) is 33.1 Å². The molecule has 0 saturated carbocycles. The fourth-order valence-electron chi connectivity index (χ4n) is 3.55. The number of aromatic nitrogens is 2. The maximum Gasteiger partial charge on any atom is 0.276 e. The molecule has 28 heavy (non-hydrogen) atoms. The topological polar surface area (TPSA) is 109 Å². The molecule has 1 amide bonds. The van der Waals surface area contributed by atoms with E-state index in [1.54, 1.807) is 6.92 Å². The molecule has 8 nitrogen and oxygen atoms in total. The Morgan fingerprint density at radius 3 is 2.61 bits per heavy atom. The van der Waals surface area contributed by atoms with E-state index in [1.165, 1.54) is 0 Å². The van der Waals surface area contributed by atoms with Crippen LogP contribution in [0.15, 0.2) is 0 Å². The van der Waals surface area contributed by atoms with E-state index in [0.29, 0.717) is 13.0 Å². The zero-order valence-electron chi connectivity index (χ0n) is 17.7. The van der Waals surface area contributed by atoms with Gasteiger partial charge in [0.2, 0.25) is 0 Å². The highest BCUT2D eigenvalue weighted by Crippen LogP contribution is 2.26. The average molecular weight is 411 g/mol. The number of likely N-dealkylation sites (N-methyl/N-ethyl adjacent to an activating group) is 1. The van der Waals surface area contributed by atoms with Crippen LogP contribution in [0.4, 0.5) is 0 Å². The van der Waals surface area contributed by atoms with Gasteiger partial charge in [-0.15, -0.1) is 0 Å². The summed E-state index contributed by atoms with van der Waals surface area (Å²) in [5, 5.41) is 16.8. The zero-order valence-corrected chi connectivity index (χ0v) is 18.5. The number of quaternary nitrogens is 1. The summed E-state index contributed by atoms with van der Waals surface area (Å²) in [5.74, 6) is 0.193. The van der Waals surface area contributed by atoms with Crippen molar-refractivity contribution in [3.05, 3.63) is 17.0 Å². The molecule has 1 aliphatic rings. The minimum absolute atomic E-state index is 0.00664. The number of carbonyl (C=O) groups is 1. The second-order valence-electron chi connectivity index (χ2n) is 8.48. The van der Waals surface area contributed by atoms with Gasteiger partial charge in [0.05, 0.1) is 41.9 Å². The number of hydrogen-bond donors (Lipinski definition) is 2. The van der Waals surface area contributed by atoms with E-state index in [9.17, 15) is 18.5 Å². The van der Waals surface area contributed by atoms with Crippen molar-refractivity contribution in [2.75, 3.05) is 25.1 Å². The van der Waals surface area contributed by atoms with Crippen molar-refractivity contribution in [3.63, 3.8) is 0 Å². The Bertz CT molecular complexity index is 884. The molecule has 1 aliphatic heterocycles. The van der Waals surface area contributed by atoms with E-state index >= 15 is 0 Å². The van der Waals surface area contributed by atoms with Crippen LogP contribution in [-0.2, 0) is 21.2 Å². The highest BCUT2D eigenvalue weighted by atomic mass is 32.2. The molecule has 1 fully saturated rings. The van der Waals surface area contributed by atoms with Crippen molar-refractivity contribution in [1.82, 2.24) is 15.1 Å². The predicted molar refractivity (Wildman–Crippen MR) is 106 cm³/mol. The van der Waals surface area contributed by atoms with Gasteiger partial charge in [0.1, 0.15) is 12.1 Å². The molecule has 0 aromatic carbocycles. The Balaban J connectivity index is 2.06. The third-order valence-electron chi connectivity index (χ3n) is 5.76. The first kappa shape index (κ1) is 22.4. The van der Waals surface area contributed by atoms with Crippen LogP contribution in [-0.4, -0.2) is 54.7 Å². The molecule has 0 radical (unpaired) electrons. The Morgan fingerprint density at radius 2 is 2.11 bits per heavy atom. The second kappa shape index (κ2) is 8.21. The fraction of sp³-hybridized carbons (Fsp3) is 0.737. The predicted octanol–water partition coefficient (Wildman–Crippen LogP) is -0.0713. The number of aryl methyl sites for hydroxylation is 1. The van der Waals surface area contributed by atoms with E-state index in [1.807, 2.05) is 39.4 Å². The van der Waals surface area contributed by atoms with E-state index in [0.717, 1.165) is 21.9 Å². The standard InChI is InChI=1S/C19H31N5O3S/c1-13(2)19(5,12-20)21-18(25)10-23(6)9-17-14(3)22-24(15(17)4)16-7-8-28(26,27)11-16/h13,16H,7-11H2,1-6H3,(H,21,25)/p+1/t16-,19-/m0/s1. The Labute approximate surface area is 167 Å². The number of nitrogens with zero attached hydrogens (tertiary/aromatic N) is 3. The van der Waals surface area contributed by atoms with Crippen LogP contribution in [0.2, 0.25) is 0 Å². The summed E-state index contributed by atoms with van der Waals surface area (Å²) in [4.78, 5) is 13.4. The lowest BCUT2D eigenvalue weighted by molar-refractivity contribution is -0.885. The van der Waals surface area contributed by atoms with Crippen LogP contribution in [0.1, 0.15) is 50.2 Å². The molecule has 0 bridgehead atoms. The first-order valence-electron chi connectivity index (χ1n) is 9.67. The van der Waals surface area contributed by atoms with Crippen molar-refractivity contribution in [1.29, 1.82) is 5.26 Å². The summed E-state index contributed by atoms with van der Waals surface area (Å²) >= 11 is 0. The molecule has 9 heteroatoms. The lowest BCUT2D eigenvalue weighted by Gasteiger charge is -2.27. The summed E-state index contributed by atoms with van der Waals surface area (Å²) in [5.41, 5.74) is 1.98. The summed E-state index contributed by atoms with van der Waals surface area (Å²) < 4.78 is 25.4. The Kier molecular flexibility index (Phi) is 6.56. The molecule has 1 aromatic heterocycles. The van der Waals surface area contributed by atoms with Crippen molar-refractivity contribution in [3.8, 4) is 6.07 Å². The van der Waals surface area contributed by atoms with Crippen molar-refractivity contribution in [2.45, 2.75) is 59.2 Å². The first-order valence-corrected chi connectivity index (χ1v) is 11.5. The first-order chi connectivity index (χ1) is 12.9. The largest absolute Gasteiger partial charge is 0.333 e. The molecule has 1 aromatic rings. The van der Waals surface area contributed by atoms with Crippen molar-refractivity contribution in [2.24, 2.45) is 5.92 Å². The third kappa shape index (κ3) is 4.92. The normalized spacial score (nSPS) is 21.9. The molecule has 0 spiro atoms. The Hall–Kier alpha value is -1.92. The van der Waals surface area contributed by atoms with Gasteiger partial charge in [0.15, 0.2) is 16.4 Å². The van der Waals surface area contributed by atoms with E-state index < -0.39 is 15.4 Å². The number of hydrogen-bond acceptors (Lipinski definition) is 5. The molecule has 2 rings (SSSR count). The van der Waals surface area contributed by atoms with Crippen LogP contribution < -0.4 is 10.2 Å². The average Bonchev–Trinajstić information content (AvgIpc) is 3.07. The minimum Gasteiger partial charge on any atom is -0.333 e. The quantitative estimate of drug-likeness (QED) is 0.654. The van der Waals surface area contributed by atoms with Crippen molar-refractivity contribution < 1.29 is 18.1 Å². The molecular formula is C19H32N5O3S+. The van der Waals surface area contributed by atoms with E-state index in [4.69, 9.17) is 0 Å². The summed E-state index contributed by atoms with van der Waals surface area (Å²) in [6.07, 6.45) is 0.594. The third-order valence-corrected chi connectivity index (χ3v) is 7.51. The van der Waals surface area contributed by atoms with E-state index in [-0.39, 0.29) is 35.9 Å². The SMILES string of the molecule is Cc1nn([C@H]2CCS(=O)(=O)C2)c(C)c1C[NH+](C)CC(=O)N[C@@](C)(C#N)C(C)C. The van der Waals surface area contributed by atoms with Gasteiger partial charge < -0.3 is 10.2 Å². The van der Waals surface area contributed by atoms with Crippen LogP contribution >= 0.6 is 0 Å². The van der Waals surface area contributed by atoms with Gasteiger partial charge in [0, 0.05) is 5.69 Å². The van der Waals surface area contributed by atoms with Crippen LogP contribution in [0.5, 0.6) is 0 Å². The minimum atomic E-state index is -2.98. The van der Waals surface area contributed by atoms with Crippen LogP contribution in [0, 0.1) is 31.1 Å². The monoisotopic (exact) mass is 410 g/mol. The summed E-state index contributed by atoms with van der Waals surface area (Å²) in [7, 11) is -1.05. The zero-order chi connectivity index (χ0) is 21.3. The number of nitriles is 1. The fourth-order valence-corrected chi connectivity index (χ4v) is 5.24. The lowest BCUT2D eigenvalue weighted by atomic mass is 9.90. The Morgan fingerprint density at radius 1 is 1.46 bits per heavy atom. The maximum atomic E-state index is 12.4. The van der Waals surface area contributed by atoms with Crippen LogP contribution in [0.25, 0.3) is 0 Å². The summed E-state index contributed by atoms with van der Waals surface area (Å²) in [6.45, 7) is 10.3. The highest BCUT2D eigenvalue weighted by molar-refractivity contribution is 7.91. The molecule has 2 heterocycles. The van der Waals surface area contributed by atoms with E-state index in [2.05, 4.69) is 16.5 Å². The molecule has 3 atom stereocenters. The molecule has 1 unspecified atom stereocenters. The number of sulfone groups is 1. The number of nitrogens with one attached hydrogen (secondary N) is 2. The molecular weight excluding hydrogens is 378 g/mol. The van der Waals surface area contributed by atoms with Crippen molar-refractivity contribution >= 4 is 15.7 Å². The van der Waals surface area contributed by atoms with Gasteiger partial charge in [0.25, 0.3) is 5.91 Å². The van der Waals surface area contributed by atoms with Gasteiger partial charge in [-0.3, -0.25) is 9.48 Å².